The van der Waals surface area contributed by atoms with Crippen LogP contribution in [0.2, 0.25) is 0 Å². The van der Waals surface area contributed by atoms with E-state index in [-0.39, 0.29) is 16.6 Å². The molecule has 0 spiro atoms. The molecule has 0 radical (unpaired) electrons. The Morgan fingerprint density at radius 2 is 1.61 bits per heavy atom. The van der Waals surface area contributed by atoms with Crippen LogP contribution in [0.15, 0.2) is 57.7 Å². The Kier molecular flexibility index (Phi) is 8.53. The molecule has 1 aromatic heterocycles. The molecule has 0 saturated carbocycles. The van der Waals surface area contributed by atoms with Gasteiger partial charge in [0.15, 0.2) is 5.43 Å². The maximum atomic E-state index is 12.5. The second kappa shape index (κ2) is 11.6. The molecule has 3 rings (SSSR count). The van der Waals surface area contributed by atoms with E-state index in [4.69, 9.17) is 9.15 Å². The Balaban J connectivity index is 1.69. The maximum Gasteiger partial charge on any atom is 0.197 e. The Morgan fingerprint density at radius 3 is 2.29 bits per heavy atom. The zero-order chi connectivity index (χ0) is 22.1. The van der Waals surface area contributed by atoms with Gasteiger partial charge in [-0.25, -0.2) is 0 Å². The van der Waals surface area contributed by atoms with Crippen molar-refractivity contribution >= 4 is 11.0 Å². The number of benzene rings is 2. The predicted molar refractivity (Wildman–Crippen MR) is 126 cm³/mol. The number of hydrogen-bond acceptors (Lipinski definition) is 5. The minimum atomic E-state index is -0.272. The van der Waals surface area contributed by atoms with Gasteiger partial charge in [-0.1, -0.05) is 57.0 Å². The van der Waals surface area contributed by atoms with Crippen LogP contribution < -0.4 is 10.2 Å². The minimum Gasteiger partial charge on any atom is -0.507 e. The summed E-state index contributed by atoms with van der Waals surface area (Å²) in [5.41, 5.74) is 0.868. The van der Waals surface area contributed by atoms with Gasteiger partial charge >= 0.3 is 0 Å². The third-order valence-electron chi connectivity index (χ3n) is 5.38. The van der Waals surface area contributed by atoms with Gasteiger partial charge in [-0.15, -0.1) is 0 Å². The van der Waals surface area contributed by atoms with Gasteiger partial charge in [-0.05, 0) is 32.4 Å². The molecule has 0 bridgehead atoms. The fraction of sp³-hybridized carbons (Fsp3) is 0.423. The van der Waals surface area contributed by atoms with Crippen LogP contribution in [0.5, 0.6) is 11.5 Å². The van der Waals surface area contributed by atoms with Crippen LogP contribution in [0.4, 0.5) is 0 Å². The highest BCUT2D eigenvalue weighted by Gasteiger charge is 2.13. The summed E-state index contributed by atoms with van der Waals surface area (Å²) in [6.45, 7) is 8.22. The van der Waals surface area contributed by atoms with Crippen LogP contribution in [0, 0.1) is 0 Å². The maximum absolute atomic E-state index is 12.5. The second-order valence-electron chi connectivity index (χ2n) is 7.91. The van der Waals surface area contributed by atoms with E-state index in [0.29, 0.717) is 23.7 Å². The normalized spacial score (nSPS) is 11.3. The first-order chi connectivity index (χ1) is 15.1. The lowest BCUT2D eigenvalue weighted by Gasteiger charge is -2.21. The Bertz CT molecular complexity index is 1010. The van der Waals surface area contributed by atoms with E-state index >= 15 is 0 Å². The minimum absolute atomic E-state index is 0.117. The lowest BCUT2D eigenvalue weighted by molar-refractivity contribution is 0.229. The number of ether oxygens (including phenoxy) is 1. The molecule has 3 aromatic rings. The highest BCUT2D eigenvalue weighted by atomic mass is 16.5. The lowest BCUT2D eigenvalue weighted by Crippen LogP contribution is -2.28. The first-order valence-electron chi connectivity index (χ1n) is 11.3. The van der Waals surface area contributed by atoms with E-state index in [2.05, 4.69) is 18.7 Å². The van der Waals surface area contributed by atoms with E-state index in [0.717, 1.165) is 31.6 Å². The number of phenols is 1. The molecule has 5 heteroatoms. The third kappa shape index (κ3) is 6.34. The Labute approximate surface area is 184 Å². The van der Waals surface area contributed by atoms with Crippen molar-refractivity contribution in [3.05, 3.63) is 58.8 Å². The highest BCUT2D eigenvalue weighted by molar-refractivity contribution is 5.86. The van der Waals surface area contributed by atoms with E-state index in [1.807, 2.05) is 30.3 Å². The lowest BCUT2D eigenvalue weighted by atomic mass is 10.1. The first-order valence-corrected chi connectivity index (χ1v) is 11.3. The molecule has 0 amide bonds. The quantitative estimate of drug-likeness (QED) is 0.371. The first kappa shape index (κ1) is 22.9. The molecule has 31 heavy (non-hydrogen) atoms. The number of unbranched alkanes of at least 4 members (excludes halogenated alkanes) is 2. The fourth-order valence-corrected chi connectivity index (χ4v) is 3.65. The largest absolute Gasteiger partial charge is 0.507 e. The van der Waals surface area contributed by atoms with Gasteiger partial charge in [0.05, 0.1) is 6.61 Å². The number of rotatable bonds is 12. The van der Waals surface area contributed by atoms with E-state index in [9.17, 15) is 9.90 Å². The molecule has 0 saturated heterocycles. The zero-order valence-corrected chi connectivity index (χ0v) is 18.6. The molecule has 0 atom stereocenters. The third-order valence-corrected chi connectivity index (χ3v) is 5.38. The van der Waals surface area contributed by atoms with Crippen LogP contribution in [-0.2, 0) is 0 Å². The van der Waals surface area contributed by atoms with Crippen LogP contribution >= 0.6 is 0 Å². The number of hydrogen-bond donors (Lipinski definition) is 1. The van der Waals surface area contributed by atoms with E-state index in [1.165, 1.54) is 37.8 Å². The van der Waals surface area contributed by atoms with Crippen LogP contribution in [0.3, 0.4) is 0 Å². The highest BCUT2D eigenvalue weighted by Crippen LogP contribution is 2.31. The molecule has 0 unspecified atom stereocenters. The predicted octanol–water partition coefficient (Wildman–Crippen LogP) is 5.84. The summed E-state index contributed by atoms with van der Waals surface area (Å²) in [5.74, 6) is 0.859. The second-order valence-corrected chi connectivity index (χ2v) is 7.91. The van der Waals surface area contributed by atoms with Gasteiger partial charge in [0.2, 0.25) is 0 Å². The molecular weight excluding hydrogens is 390 g/mol. The molecular formula is C26H33NO4. The zero-order valence-electron chi connectivity index (χ0n) is 18.6. The van der Waals surface area contributed by atoms with Crippen molar-refractivity contribution in [2.75, 3.05) is 26.2 Å². The Morgan fingerprint density at radius 1 is 0.935 bits per heavy atom. The van der Waals surface area contributed by atoms with Gasteiger partial charge in [0.1, 0.15) is 28.2 Å². The summed E-state index contributed by atoms with van der Waals surface area (Å²) in [6.07, 6.45) is 5.73. The van der Waals surface area contributed by atoms with Crippen molar-refractivity contribution in [1.29, 1.82) is 0 Å². The summed E-state index contributed by atoms with van der Waals surface area (Å²) in [5, 5.41) is 10.6. The molecule has 2 aromatic carbocycles. The number of aromatic hydroxyl groups is 1. The molecule has 1 heterocycles. The van der Waals surface area contributed by atoms with E-state index < -0.39 is 0 Å². The number of nitrogens with zero attached hydrogens (tertiary/aromatic N) is 1. The molecule has 0 fully saturated rings. The van der Waals surface area contributed by atoms with Gasteiger partial charge < -0.3 is 19.2 Å². The average Bonchev–Trinajstić information content (AvgIpc) is 2.78. The standard InChI is InChI=1S/C26H33NO4/c1-3-5-13-27(14-6-4-2)15-10-16-30-21-17-22(28)26-23(29)19-24(31-25(26)18-21)20-11-8-7-9-12-20/h7-9,11-12,17-19,28H,3-6,10,13-16H2,1-2H3. The molecule has 5 nitrogen and oxygen atoms in total. The molecule has 0 aliphatic rings. The van der Waals surface area contributed by atoms with Crippen LogP contribution in [0.25, 0.3) is 22.3 Å². The van der Waals surface area contributed by atoms with Gasteiger partial charge in [-0.3, -0.25) is 4.79 Å². The van der Waals surface area contributed by atoms with Crippen molar-refractivity contribution in [3.63, 3.8) is 0 Å². The monoisotopic (exact) mass is 423 g/mol. The summed E-state index contributed by atoms with van der Waals surface area (Å²) < 4.78 is 11.8. The summed E-state index contributed by atoms with van der Waals surface area (Å²) in [6, 6.07) is 14.1. The number of phenolic OH excluding ortho intramolecular Hbond substituents is 1. The van der Waals surface area contributed by atoms with Crippen molar-refractivity contribution in [3.8, 4) is 22.8 Å². The topological polar surface area (TPSA) is 62.9 Å². The van der Waals surface area contributed by atoms with Crippen LogP contribution in [0.1, 0.15) is 46.0 Å². The molecule has 1 N–H and O–H groups in total. The van der Waals surface area contributed by atoms with Crippen molar-refractivity contribution in [2.45, 2.75) is 46.0 Å². The van der Waals surface area contributed by atoms with Crippen molar-refractivity contribution in [1.82, 2.24) is 4.90 Å². The summed E-state index contributed by atoms with van der Waals surface area (Å²) >= 11 is 0. The number of fused-ring (bicyclic) bond motifs is 1. The smallest absolute Gasteiger partial charge is 0.197 e. The van der Waals surface area contributed by atoms with Gasteiger partial charge in [0.25, 0.3) is 0 Å². The molecule has 0 aliphatic heterocycles. The average molecular weight is 424 g/mol. The summed E-state index contributed by atoms with van der Waals surface area (Å²) in [4.78, 5) is 15.0. The van der Waals surface area contributed by atoms with Crippen molar-refractivity contribution < 1.29 is 14.3 Å². The summed E-state index contributed by atoms with van der Waals surface area (Å²) in [7, 11) is 0. The van der Waals surface area contributed by atoms with Gasteiger partial charge in [0, 0.05) is 30.3 Å². The Hall–Kier alpha value is -2.79. The van der Waals surface area contributed by atoms with Crippen molar-refractivity contribution in [2.24, 2.45) is 0 Å². The van der Waals surface area contributed by atoms with Crippen LogP contribution in [-0.4, -0.2) is 36.2 Å². The fourth-order valence-electron chi connectivity index (χ4n) is 3.65. The molecule has 166 valence electrons. The SMILES string of the molecule is CCCCN(CCCC)CCCOc1cc(O)c2c(=O)cc(-c3ccccc3)oc2c1. The van der Waals surface area contributed by atoms with Gasteiger partial charge in [-0.2, -0.15) is 0 Å². The molecule has 0 aliphatic carbocycles. The van der Waals surface area contributed by atoms with E-state index in [1.54, 1.807) is 6.07 Å².